The summed E-state index contributed by atoms with van der Waals surface area (Å²) in [4.78, 5) is 0. The average Bonchev–Trinajstić information content (AvgIpc) is 2.54. The van der Waals surface area contributed by atoms with Gasteiger partial charge in [-0.15, -0.1) is 0 Å². The predicted molar refractivity (Wildman–Crippen MR) is 83.0 cm³/mol. The number of rotatable bonds is 2. The van der Waals surface area contributed by atoms with Gasteiger partial charge in [-0.1, -0.05) is 17.7 Å². The van der Waals surface area contributed by atoms with Gasteiger partial charge in [0.2, 0.25) is 5.52 Å². The molecule has 6 heteroatoms. The number of anilines is 1. The zero-order valence-corrected chi connectivity index (χ0v) is 12.2. The summed E-state index contributed by atoms with van der Waals surface area (Å²) < 4.78 is 6.35. The van der Waals surface area contributed by atoms with E-state index in [4.69, 9.17) is 10.5 Å². The lowest BCUT2D eigenvalue weighted by Crippen LogP contribution is -2.42. The summed E-state index contributed by atoms with van der Waals surface area (Å²) in [7, 11) is 1.50. The van der Waals surface area contributed by atoms with Crippen molar-refractivity contribution in [2.75, 3.05) is 12.8 Å². The van der Waals surface area contributed by atoms with E-state index < -0.39 is 0 Å². The second-order valence-corrected chi connectivity index (χ2v) is 5.04. The Morgan fingerprint density at radius 2 is 1.64 bits per heavy atom. The van der Waals surface area contributed by atoms with Gasteiger partial charge in [0.1, 0.15) is 5.75 Å². The van der Waals surface area contributed by atoms with Crippen LogP contribution in [-0.4, -0.2) is 7.11 Å². The van der Waals surface area contributed by atoms with Gasteiger partial charge in [-0.25, -0.2) is 4.73 Å². The summed E-state index contributed by atoms with van der Waals surface area (Å²) in [6.45, 7) is 1.94. The molecule has 6 nitrogen and oxygen atoms in total. The van der Waals surface area contributed by atoms with Crippen molar-refractivity contribution in [3.8, 4) is 17.0 Å². The molecule has 2 N–H and O–H groups in total. The Hall–Kier alpha value is -3.02. The summed E-state index contributed by atoms with van der Waals surface area (Å²) in [5.41, 5.74) is 8.07. The molecule has 0 unspecified atom stereocenters. The van der Waals surface area contributed by atoms with Gasteiger partial charge >= 0.3 is 11.5 Å². The van der Waals surface area contributed by atoms with E-state index in [0.29, 0.717) is 20.8 Å². The maximum Gasteiger partial charge on any atom is 0.351 e. The van der Waals surface area contributed by atoms with Crippen molar-refractivity contribution in [3.05, 3.63) is 58.4 Å². The van der Waals surface area contributed by atoms with Crippen molar-refractivity contribution in [1.29, 1.82) is 0 Å². The lowest BCUT2D eigenvalue weighted by molar-refractivity contribution is -0.609. The lowest BCUT2D eigenvalue weighted by Gasteiger charge is -2.14. The van der Waals surface area contributed by atoms with Crippen molar-refractivity contribution in [1.82, 2.24) is 0 Å². The minimum Gasteiger partial charge on any atom is -0.710 e. The molecule has 0 bridgehead atoms. The van der Waals surface area contributed by atoms with Crippen molar-refractivity contribution in [2.45, 2.75) is 6.92 Å². The molecule has 112 valence electrons. The molecule has 3 rings (SSSR count). The fourth-order valence-corrected chi connectivity index (χ4v) is 2.39. The first-order valence-corrected chi connectivity index (χ1v) is 6.72. The van der Waals surface area contributed by atoms with Crippen molar-refractivity contribution < 1.29 is 14.2 Å². The minimum absolute atomic E-state index is 0.128. The Morgan fingerprint density at radius 3 is 2.27 bits per heavy atom. The molecule has 0 aliphatic heterocycles. The van der Waals surface area contributed by atoms with Crippen molar-refractivity contribution in [2.24, 2.45) is 0 Å². The van der Waals surface area contributed by atoms with E-state index in [-0.39, 0.29) is 22.5 Å². The van der Waals surface area contributed by atoms with Crippen LogP contribution in [0.5, 0.6) is 5.75 Å². The molecule has 0 amide bonds. The Morgan fingerprint density at radius 1 is 0.955 bits per heavy atom. The Bertz CT molecular complexity index is 861. The van der Waals surface area contributed by atoms with Gasteiger partial charge in [0.05, 0.1) is 18.7 Å². The number of methoxy groups -OCH3 is 1. The Kier molecular flexibility index (Phi) is 3.21. The Labute approximate surface area is 127 Å². The lowest BCUT2D eigenvalue weighted by atomic mass is 10.1. The number of nitrogens with zero attached hydrogens (tertiary/aromatic N) is 2. The van der Waals surface area contributed by atoms with Crippen LogP contribution in [0, 0.1) is 17.3 Å². The molecule has 0 saturated heterocycles. The molecule has 3 aromatic rings. The molecule has 0 fully saturated rings. The van der Waals surface area contributed by atoms with Gasteiger partial charge in [0.15, 0.2) is 0 Å². The quantitative estimate of drug-likeness (QED) is 0.575. The first-order valence-electron chi connectivity index (χ1n) is 6.72. The van der Waals surface area contributed by atoms with E-state index in [1.54, 1.807) is 18.2 Å². The van der Waals surface area contributed by atoms with Gasteiger partial charge in [0.25, 0.3) is 5.52 Å². The van der Waals surface area contributed by atoms with Gasteiger partial charge < -0.3 is 15.2 Å². The largest absolute Gasteiger partial charge is 0.710 e. The molecule has 0 aliphatic rings. The van der Waals surface area contributed by atoms with E-state index >= 15 is 0 Å². The van der Waals surface area contributed by atoms with Crippen molar-refractivity contribution >= 4 is 16.9 Å². The van der Waals surface area contributed by atoms with Crippen LogP contribution in [0.2, 0.25) is 0 Å². The molecule has 0 atom stereocenters. The molecule has 0 spiro atoms. The van der Waals surface area contributed by atoms with Crippen LogP contribution in [0.15, 0.2) is 42.5 Å². The summed E-state index contributed by atoms with van der Waals surface area (Å²) in [6.07, 6.45) is 0. The summed E-state index contributed by atoms with van der Waals surface area (Å²) in [6, 6.07) is 11.9. The van der Waals surface area contributed by atoms with Gasteiger partial charge in [-0.3, -0.25) is 5.73 Å². The highest BCUT2D eigenvalue weighted by Gasteiger charge is 2.25. The topological polar surface area (TPSA) is 89.1 Å². The monoisotopic (exact) mass is 297 g/mol. The SMILES string of the molecule is COc1ccc2c(c1)[n+]([O-])c(-c1ccc(C)cc1)c(N)[n+]2[O-]. The summed E-state index contributed by atoms with van der Waals surface area (Å²) >= 11 is 0. The van der Waals surface area contributed by atoms with E-state index in [9.17, 15) is 10.4 Å². The summed E-state index contributed by atoms with van der Waals surface area (Å²) in [5, 5.41) is 25.0. The van der Waals surface area contributed by atoms with Crippen LogP contribution in [0.25, 0.3) is 22.3 Å². The van der Waals surface area contributed by atoms with E-state index in [1.807, 2.05) is 19.1 Å². The molecular weight excluding hydrogens is 282 g/mol. The zero-order valence-electron chi connectivity index (χ0n) is 12.2. The number of benzene rings is 2. The molecule has 0 radical (unpaired) electrons. The number of hydrogen-bond donors (Lipinski definition) is 1. The number of aromatic nitrogens is 2. The molecule has 22 heavy (non-hydrogen) atoms. The minimum atomic E-state index is -0.128. The second kappa shape index (κ2) is 5.07. The zero-order chi connectivity index (χ0) is 15.9. The second-order valence-electron chi connectivity index (χ2n) is 5.04. The third-order valence-corrected chi connectivity index (χ3v) is 3.61. The van der Waals surface area contributed by atoms with Gasteiger partial charge in [0, 0.05) is 0 Å². The highest BCUT2D eigenvalue weighted by atomic mass is 16.5. The molecule has 1 heterocycles. The fourth-order valence-electron chi connectivity index (χ4n) is 2.39. The van der Waals surface area contributed by atoms with Crippen LogP contribution in [0.1, 0.15) is 5.56 Å². The number of nitrogen functional groups attached to an aromatic ring is 1. The average molecular weight is 297 g/mol. The smallest absolute Gasteiger partial charge is 0.351 e. The molecule has 0 aliphatic carbocycles. The highest BCUT2D eigenvalue weighted by Crippen LogP contribution is 2.24. The molecule has 2 aromatic carbocycles. The third kappa shape index (κ3) is 2.05. The number of ether oxygens (including phenoxy) is 1. The molecule has 0 saturated carbocycles. The van der Waals surface area contributed by atoms with Crippen LogP contribution in [-0.2, 0) is 0 Å². The Balaban J connectivity index is 2.37. The molecular formula is C16H15N3O3. The number of aryl methyl sites for hydroxylation is 1. The number of hydrogen-bond acceptors (Lipinski definition) is 4. The predicted octanol–water partition coefficient (Wildman–Crippen LogP) is 1.67. The molecule has 1 aromatic heterocycles. The summed E-state index contributed by atoms with van der Waals surface area (Å²) in [5.74, 6) is 0.369. The van der Waals surface area contributed by atoms with E-state index in [1.165, 1.54) is 19.2 Å². The van der Waals surface area contributed by atoms with Crippen LogP contribution in [0.4, 0.5) is 5.82 Å². The standard InChI is InChI=1S/C16H15N3O3/c1-10-3-5-11(6-4-10)15-16(17)19(21)13-8-7-12(22-2)9-14(13)18(15)20/h3-9H,17H2,1-2H3. The fraction of sp³-hybridized carbons (Fsp3) is 0.125. The normalized spacial score (nSPS) is 10.8. The maximum absolute atomic E-state index is 12.7. The maximum atomic E-state index is 12.7. The third-order valence-electron chi connectivity index (χ3n) is 3.61. The first-order chi connectivity index (χ1) is 10.5. The first kappa shape index (κ1) is 13.9. The van der Waals surface area contributed by atoms with E-state index in [2.05, 4.69) is 0 Å². The highest BCUT2D eigenvalue weighted by molar-refractivity contribution is 5.75. The van der Waals surface area contributed by atoms with Crippen LogP contribution >= 0.6 is 0 Å². The van der Waals surface area contributed by atoms with Gasteiger partial charge in [-0.05, 0) is 31.2 Å². The van der Waals surface area contributed by atoms with Crippen molar-refractivity contribution in [3.63, 3.8) is 0 Å². The van der Waals surface area contributed by atoms with Gasteiger partial charge in [-0.2, -0.15) is 4.73 Å². The number of nitrogens with two attached hydrogens (primary N) is 1. The number of fused-ring (bicyclic) bond motifs is 1. The van der Waals surface area contributed by atoms with Crippen LogP contribution in [0.3, 0.4) is 0 Å². The van der Waals surface area contributed by atoms with Crippen LogP contribution < -0.4 is 19.9 Å². The van der Waals surface area contributed by atoms with E-state index in [0.717, 1.165) is 5.56 Å².